The Morgan fingerprint density at radius 3 is 2.69 bits per heavy atom. The molecule has 0 aromatic heterocycles. The highest BCUT2D eigenvalue weighted by molar-refractivity contribution is 5.89. The van der Waals surface area contributed by atoms with Crippen LogP contribution in [0.5, 0.6) is 5.75 Å². The van der Waals surface area contributed by atoms with E-state index in [-0.39, 0.29) is 55.4 Å². The molecule has 2 aromatic rings. The van der Waals surface area contributed by atoms with E-state index < -0.39 is 12.2 Å². The highest BCUT2D eigenvalue weighted by Gasteiger charge is 2.46. The van der Waals surface area contributed by atoms with Gasteiger partial charge in [0.25, 0.3) is 0 Å². The van der Waals surface area contributed by atoms with Crippen molar-refractivity contribution < 1.29 is 28.6 Å². The van der Waals surface area contributed by atoms with Crippen LogP contribution in [0.4, 0.5) is 14.9 Å². The molecule has 0 radical (unpaired) electrons. The van der Waals surface area contributed by atoms with Gasteiger partial charge in [-0.2, -0.15) is 0 Å². The van der Waals surface area contributed by atoms with Crippen LogP contribution in [-0.4, -0.2) is 48.0 Å². The number of carbonyl (C=O) groups excluding carboxylic acids is 2. The van der Waals surface area contributed by atoms with Crippen LogP contribution in [0.2, 0.25) is 0 Å². The van der Waals surface area contributed by atoms with Crippen LogP contribution in [0.25, 0.3) is 0 Å². The number of aliphatic hydroxyl groups excluding tert-OH is 1. The zero-order chi connectivity index (χ0) is 25.1. The Bertz CT molecular complexity index is 1110. The van der Waals surface area contributed by atoms with Gasteiger partial charge >= 0.3 is 6.03 Å². The largest absolute Gasteiger partial charge is 0.487 e. The smallest absolute Gasteiger partial charge is 0.319 e. The van der Waals surface area contributed by atoms with Crippen LogP contribution in [0.1, 0.15) is 55.6 Å². The van der Waals surface area contributed by atoms with Gasteiger partial charge in [0.2, 0.25) is 5.91 Å². The van der Waals surface area contributed by atoms with Crippen molar-refractivity contribution in [1.29, 1.82) is 0 Å². The molecule has 8 nitrogen and oxygen atoms in total. The molecule has 2 aromatic carbocycles. The number of fused-ring (bicyclic) bond motifs is 3. The number of urea groups is 1. The second kappa shape index (κ2) is 10.8. The summed E-state index contributed by atoms with van der Waals surface area (Å²) in [6.45, 7) is -0.144. The zero-order valence-electron chi connectivity index (χ0n) is 20.0. The summed E-state index contributed by atoms with van der Waals surface area (Å²) in [6.07, 6.45) is 3.53. The van der Waals surface area contributed by atoms with E-state index in [1.807, 2.05) is 12.1 Å². The fourth-order valence-electron chi connectivity index (χ4n) is 5.50. The normalized spacial score (nSPS) is 24.9. The van der Waals surface area contributed by atoms with Crippen molar-refractivity contribution in [1.82, 2.24) is 10.6 Å². The first kappa shape index (κ1) is 24.5. The maximum atomic E-state index is 13.8. The van der Waals surface area contributed by atoms with Gasteiger partial charge in [0, 0.05) is 35.3 Å². The molecule has 1 saturated heterocycles. The van der Waals surface area contributed by atoms with E-state index in [0.29, 0.717) is 23.4 Å². The van der Waals surface area contributed by atoms with Crippen molar-refractivity contribution >= 4 is 17.6 Å². The molecule has 4 atom stereocenters. The number of halogens is 1. The van der Waals surface area contributed by atoms with Gasteiger partial charge in [0.1, 0.15) is 23.8 Å². The molecule has 2 fully saturated rings. The molecule has 2 heterocycles. The molecular weight excluding hydrogens is 465 g/mol. The van der Waals surface area contributed by atoms with Gasteiger partial charge in [-0.3, -0.25) is 4.79 Å². The van der Waals surface area contributed by atoms with E-state index in [9.17, 15) is 19.1 Å². The molecule has 36 heavy (non-hydrogen) atoms. The third-order valence-electron chi connectivity index (χ3n) is 7.29. The van der Waals surface area contributed by atoms with Crippen LogP contribution in [0.15, 0.2) is 42.5 Å². The summed E-state index contributed by atoms with van der Waals surface area (Å²) >= 11 is 0. The van der Waals surface area contributed by atoms with Gasteiger partial charge in [-0.1, -0.05) is 31.0 Å². The molecule has 0 bridgehead atoms. The maximum Gasteiger partial charge on any atom is 0.319 e. The Kier molecular flexibility index (Phi) is 7.38. The second-order valence-electron chi connectivity index (χ2n) is 9.81. The quantitative estimate of drug-likeness (QED) is 0.468. The van der Waals surface area contributed by atoms with Crippen LogP contribution in [0.3, 0.4) is 0 Å². The minimum Gasteiger partial charge on any atom is -0.487 e. The van der Waals surface area contributed by atoms with Crippen molar-refractivity contribution in [2.75, 3.05) is 11.9 Å². The highest BCUT2D eigenvalue weighted by atomic mass is 19.1. The van der Waals surface area contributed by atoms with Gasteiger partial charge in [-0.25, -0.2) is 9.18 Å². The molecule has 0 unspecified atom stereocenters. The van der Waals surface area contributed by atoms with Gasteiger partial charge in [-0.15, -0.1) is 0 Å². The number of rotatable bonds is 7. The van der Waals surface area contributed by atoms with E-state index in [4.69, 9.17) is 9.47 Å². The highest BCUT2D eigenvalue weighted by Crippen LogP contribution is 2.47. The predicted molar refractivity (Wildman–Crippen MR) is 131 cm³/mol. The predicted octanol–water partition coefficient (Wildman–Crippen LogP) is 3.59. The molecule has 0 spiro atoms. The minimum atomic E-state index is -0.581. The summed E-state index contributed by atoms with van der Waals surface area (Å²) in [5.74, 6) is -0.0131. The Balaban J connectivity index is 1.22. The average molecular weight is 498 g/mol. The number of amides is 3. The first-order valence-corrected chi connectivity index (χ1v) is 12.6. The zero-order valence-corrected chi connectivity index (χ0v) is 20.0. The molecule has 192 valence electrons. The fourth-order valence-corrected chi connectivity index (χ4v) is 5.50. The third-order valence-corrected chi connectivity index (χ3v) is 7.29. The summed E-state index contributed by atoms with van der Waals surface area (Å²) in [5, 5.41) is 18.6. The molecule has 3 aliphatic rings. The van der Waals surface area contributed by atoms with E-state index in [1.165, 1.54) is 6.07 Å². The molecule has 2 aliphatic heterocycles. The van der Waals surface area contributed by atoms with Crippen molar-refractivity contribution in [2.24, 2.45) is 0 Å². The maximum absolute atomic E-state index is 13.8. The van der Waals surface area contributed by atoms with Gasteiger partial charge in [0.15, 0.2) is 0 Å². The number of carbonyl (C=O) groups is 2. The van der Waals surface area contributed by atoms with Gasteiger partial charge < -0.3 is 30.5 Å². The Labute approximate surface area is 209 Å². The van der Waals surface area contributed by atoms with Crippen molar-refractivity contribution in [2.45, 2.75) is 75.3 Å². The molecule has 9 heteroatoms. The second-order valence-corrected chi connectivity index (χ2v) is 9.81. The Morgan fingerprint density at radius 2 is 1.92 bits per heavy atom. The van der Waals surface area contributed by atoms with Crippen LogP contribution < -0.4 is 20.7 Å². The number of hydrogen-bond acceptors (Lipinski definition) is 5. The number of aliphatic hydroxyl groups is 1. The molecular formula is C27H32FN3O5. The average Bonchev–Trinajstić information content (AvgIpc) is 3.50. The summed E-state index contributed by atoms with van der Waals surface area (Å²) in [7, 11) is 0. The van der Waals surface area contributed by atoms with E-state index in [1.54, 1.807) is 24.3 Å². The van der Waals surface area contributed by atoms with Crippen molar-refractivity contribution in [3.63, 3.8) is 0 Å². The van der Waals surface area contributed by atoms with Crippen LogP contribution >= 0.6 is 0 Å². The SMILES string of the molecule is O=C(C[C@H]1C[C@H]2c3cc(NC(=O)NC4CCCC4)ccc3O[C@H]2[C@H](CO)O1)NCc1ccccc1F. The van der Waals surface area contributed by atoms with Crippen molar-refractivity contribution in [3.8, 4) is 5.75 Å². The van der Waals surface area contributed by atoms with E-state index in [0.717, 1.165) is 31.2 Å². The summed E-state index contributed by atoms with van der Waals surface area (Å²) in [4.78, 5) is 25.0. The lowest BCUT2D eigenvalue weighted by atomic mass is 9.84. The number of hydrogen-bond donors (Lipinski definition) is 4. The summed E-state index contributed by atoms with van der Waals surface area (Å²) in [5.41, 5.74) is 2.01. The minimum absolute atomic E-state index is 0.0880. The first-order chi connectivity index (χ1) is 17.5. The number of benzene rings is 2. The molecule has 5 rings (SSSR count). The topological polar surface area (TPSA) is 109 Å². The van der Waals surface area contributed by atoms with E-state index >= 15 is 0 Å². The van der Waals surface area contributed by atoms with E-state index in [2.05, 4.69) is 16.0 Å². The Hall–Kier alpha value is -3.17. The van der Waals surface area contributed by atoms with Gasteiger partial charge in [-0.05, 0) is 43.5 Å². The fraction of sp³-hybridized carbons (Fsp3) is 0.481. The molecule has 1 saturated carbocycles. The lowest BCUT2D eigenvalue weighted by Crippen LogP contribution is -2.47. The van der Waals surface area contributed by atoms with Crippen molar-refractivity contribution in [3.05, 3.63) is 59.4 Å². The first-order valence-electron chi connectivity index (χ1n) is 12.6. The van der Waals surface area contributed by atoms with Crippen LogP contribution in [-0.2, 0) is 16.1 Å². The molecule has 1 aliphatic carbocycles. The van der Waals surface area contributed by atoms with Crippen LogP contribution in [0, 0.1) is 5.82 Å². The molecule has 3 amide bonds. The summed E-state index contributed by atoms with van der Waals surface area (Å²) < 4.78 is 26.0. The van der Waals surface area contributed by atoms with Gasteiger partial charge in [0.05, 0.1) is 19.1 Å². The molecule has 4 N–H and O–H groups in total. The number of anilines is 1. The Morgan fingerprint density at radius 1 is 1.11 bits per heavy atom. The monoisotopic (exact) mass is 497 g/mol. The summed E-state index contributed by atoms with van der Waals surface area (Å²) in [6, 6.07) is 11.8. The number of nitrogens with one attached hydrogen (secondary N) is 3. The lowest BCUT2D eigenvalue weighted by molar-refractivity contribution is -0.142. The lowest BCUT2D eigenvalue weighted by Gasteiger charge is -2.37. The third kappa shape index (κ3) is 5.47. The number of ether oxygens (including phenoxy) is 2. The standard InChI is InChI=1S/C27H32FN3O5/c28-22-8-4-1-5-16(22)14-29-25(33)13-19-12-21-20-11-18(31-27(34)30-17-6-2-3-7-17)9-10-23(20)36-26(21)24(15-32)35-19/h1,4-5,8-11,17,19,21,24,26,32H,2-3,6-7,12-15H2,(H,29,33)(H2,30,31,34)/t19-,21+,24+,26-/m1/s1.